The maximum atomic E-state index is 12.4. The molecule has 1 aliphatic carbocycles. The van der Waals surface area contributed by atoms with Crippen molar-refractivity contribution in [2.75, 3.05) is 0 Å². The highest BCUT2D eigenvalue weighted by molar-refractivity contribution is 7.89. The molecule has 0 unspecified atom stereocenters. The van der Waals surface area contributed by atoms with E-state index in [2.05, 4.69) is 50.2 Å². The van der Waals surface area contributed by atoms with E-state index in [0.717, 1.165) is 18.4 Å². The summed E-state index contributed by atoms with van der Waals surface area (Å²) in [7, 11) is -3.67. The Morgan fingerprint density at radius 1 is 1.12 bits per heavy atom. The third-order valence-electron chi connectivity index (χ3n) is 5.35. The molecule has 0 radical (unpaired) electrons. The normalized spacial score (nSPS) is 24.1. The highest BCUT2D eigenvalue weighted by atomic mass is 32.2. The van der Waals surface area contributed by atoms with Gasteiger partial charge in [-0.3, -0.25) is 5.43 Å². The minimum absolute atomic E-state index is 0.0206. The number of sulfonamides is 1. The molecule has 1 fully saturated rings. The Labute approximate surface area is 163 Å². The second-order valence-corrected chi connectivity index (χ2v) is 10.4. The van der Waals surface area contributed by atoms with Crippen molar-refractivity contribution in [1.82, 2.24) is 15.6 Å². The lowest BCUT2D eigenvalue weighted by atomic mass is 9.78. The lowest BCUT2D eigenvalue weighted by Gasteiger charge is -2.35. The summed E-state index contributed by atoms with van der Waals surface area (Å²) in [6, 6.07) is 7.19. The summed E-state index contributed by atoms with van der Waals surface area (Å²) < 4.78 is 24.9. The molecule has 0 bridgehead atoms. The first-order valence-corrected chi connectivity index (χ1v) is 11.1. The molecule has 1 aromatic carbocycles. The third-order valence-corrected chi connectivity index (χ3v) is 6.84. The summed E-state index contributed by atoms with van der Waals surface area (Å²) in [4.78, 5) is 2.58. The second kappa shape index (κ2) is 8.23. The van der Waals surface area contributed by atoms with E-state index in [-0.39, 0.29) is 16.4 Å². The highest BCUT2D eigenvalue weighted by Crippen LogP contribution is 2.29. The van der Waals surface area contributed by atoms with Gasteiger partial charge in [-0.1, -0.05) is 59.6 Å². The molecule has 2 rings (SSSR count). The summed E-state index contributed by atoms with van der Waals surface area (Å²) >= 11 is 5.26. The topological polar surface area (TPSA) is 70.2 Å². The van der Waals surface area contributed by atoms with E-state index in [1.54, 1.807) is 12.1 Å². The van der Waals surface area contributed by atoms with Crippen LogP contribution < -0.4 is 15.6 Å². The van der Waals surface area contributed by atoms with Gasteiger partial charge in [0.15, 0.2) is 5.11 Å². The van der Waals surface area contributed by atoms with Crippen LogP contribution >= 0.6 is 12.2 Å². The number of hydrogen-bond acceptors (Lipinski definition) is 3. The SMILES string of the molecule is C[C@@H]1[C@H](C)CCC[C@@H]1NC(=S)NNS(=O)(=O)c1ccc(C(C)(C)C)cc1. The van der Waals surface area contributed by atoms with Crippen molar-refractivity contribution >= 4 is 27.4 Å². The van der Waals surface area contributed by atoms with Crippen LogP contribution in [0.1, 0.15) is 59.4 Å². The average Bonchev–Trinajstić information content (AvgIpc) is 2.57. The van der Waals surface area contributed by atoms with E-state index < -0.39 is 10.0 Å². The molecular formula is C19H31N3O2S2. The number of hydrazine groups is 1. The van der Waals surface area contributed by atoms with Crippen molar-refractivity contribution in [3.8, 4) is 0 Å². The van der Waals surface area contributed by atoms with E-state index in [4.69, 9.17) is 12.2 Å². The first kappa shape index (κ1) is 21.1. The number of rotatable bonds is 4. The molecular weight excluding hydrogens is 366 g/mol. The van der Waals surface area contributed by atoms with Gasteiger partial charge in [0.2, 0.25) is 0 Å². The van der Waals surface area contributed by atoms with Crippen LogP contribution in [-0.4, -0.2) is 19.6 Å². The maximum Gasteiger partial charge on any atom is 0.257 e. The zero-order valence-corrected chi connectivity index (χ0v) is 17.9. The van der Waals surface area contributed by atoms with Crippen molar-refractivity contribution in [2.45, 2.75) is 70.2 Å². The molecule has 7 heteroatoms. The molecule has 0 amide bonds. The second-order valence-electron chi connectivity index (χ2n) is 8.35. The molecule has 5 nitrogen and oxygen atoms in total. The van der Waals surface area contributed by atoms with E-state index in [1.165, 1.54) is 6.42 Å². The Morgan fingerprint density at radius 2 is 1.73 bits per heavy atom. The van der Waals surface area contributed by atoms with Gasteiger partial charge in [0.05, 0.1) is 4.90 Å². The smallest absolute Gasteiger partial charge is 0.257 e. The van der Waals surface area contributed by atoms with Crippen LogP contribution in [0.25, 0.3) is 0 Å². The van der Waals surface area contributed by atoms with Crippen LogP contribution in [0.3, 0.4) is 0 Å². The lowest BCUT2D eigenvalue weighted by Crippen LogP contribution is -2.52. The zero-order valence-electron chi connectivity index (χ0n) is 16.3. The fourth-order valence-corrected chi connectivity index (χ4v) is 4.41. The van der Waals surface area contributed by atoms with Gasteiger partial charge < -0.3 is 5.32 Å². The fourth-order valence-electron chi connectivity index (χ4n) is 3.30. The predicted octanol–water partition coefficient (Wildman–Crippen LogP) is 3.47. The molecule has 0 heterocycles. The van der Waals surface area contributed by atoms with Gasteiger partial charge >= 0.3 is 0 Å². The molecule has 0 aromatic heterocycles. The van der Waals surface area contributed by atoms with E-state index in [1.807, 2.05) is 12.1 Å². The number of nitrogens with one attached hydrogen (secondary N) is 3. The first-order valence-electron chi connectivity index (χ1n) is 9.19. The summed E-state index contributed by atoms with van der Waals surface area (Å²) in [6.45, 7) is 10.7. The number of thiocarbonyl (C=S) groups is 1. The van der Waals surface area contributed by atoms with Crippen LogP contribution in [-0.2, 0) is 15.4 Å². The molecule has 146 valence electrons. The Hall–Kier alpha value is -1.18. The summed E-state index contributed by atoms with van der Waals surface area (Å²) in [5.74, 6) is 1.15. The Balaban J connectivity index is 1.94. The maximum absolute atomic E-state index is 12.4. The standard InChI is InChI=1S/C19H31N3O2S2/c1-13-7-6-8-17(14(13)2)20-18(25)21-22-26(23,24)16-11-9-15(10-12-16)19(3,4)5/h9-14,17,22H,6-8H2,1-5H3,(H2,20,21,25)/t13-,14-,17+/m1/s1. The fraction of sp³-hybridized carbons (Fsp3) is 0.632. The van der Waals surface area contributed by atoms with E-state index in [0.29, 0.717) is 16.9 Å². The third kappa shape index (κ3) is 5.41. The van der Waals surface area contributed by atoms with Gasteiger partial charge in [0.25, 0.3) is 10.0 Å². The Bertz CT molecular complexity index is 724. The minimum atomic E-state index is -3.67. The van der Waals surface area contributed by atoms with Crippen LogP contribution in [0.15, 0.2) is 29.2 Å². The first-order chi connectivity index (χ1) is 12.0. The molecule has 3 N–H and O–H groups in total. The summed E-state index contributed by atoms with van der Waals surface area (Å²) in [6.07, 6.45) is 3.45. The predicted molar refractivity (Wildman–Crippen MR) is 110 cm³/mol. The van der Waals surface area contributed by atoms with Crippen molar-refractivity contribution in [1.29, 1.82) is 0 Å². The molecule has 0 spiro atoms. The van der Waals surface area contributed by atoms with Gasteiger partial charge in [-0.05, 0) is 53.6 Å². The van der Waals surface area contributed by atoms with Crippen molar-refractivity contribution in [3.63, 3.8) is 0 Å². The van der Waals surface area contributed by atoms with Crippen molar-refractivity contribution < 1.29 is 8.42 Å². The van der Waals surface area contributed by atoms with Crippen LogP contribution in [0.4, 0.5) is 0 Å². The van der Waals surface area contributed by atoms with E-state index >= 15 is 0 Å². The molecule has 0 aliphatic heterocycles. The van der Waals surface area contributed by atoms with Crippen LogP contribution in [0, 0.1) is 11.8 Å². The summed E-state index contributed by atoms with van der Waals surface area (Å²) in [5, 5.41) is 3.56. The molecule has 1 aromatic rings. The zero-order chi connectivity index (χ0) is 19.5. The Kier molecular flexibility index (Phi) is 6.69. The highest BCUT2D eigenvalue weighted by Gasteiger charge is 2.27. The molecule has 26 heavy (non-hydrogen) atoms. The summed E-state index contributed by atoms with van der Waals surface area (Å²) in [5.41, 5.74) is 3.70. The van der Waals surface area contributed by atoms with Gasteiger partial charge in [-0.2, -0.15) is 0 Å². The van der Waals surface area contributed by atoms with Gasteiger partial charge in [-0.25, -0.2) is 8.42 Å². The molecule has 3 atom stereocenters. The number of hydrogen-bond donors (Lipinski definition) is 3. The monoisotopic (exact) mass is 397 g/mol. The van der Waals surface area contributed by atoms with Gasteiger partial charge in [0, 0.05) is 6.04 Å². The molecule has 1 saturated carbocycles. The van der Waals surface area contributed by atoms with Crippen LogP contribution in [0.2, 0.25) is 0 Å². The van der Waals surface area contributed by atoms with Gasteiger partial charge in [0.1, 0.15) is 0 Å². The quantitative estimate of drug-likeness (QED) is 0.536. The number of benzene rings is 1. The largest absolute Gasteiger partial charge is 0.359 e. The van der Waals surface area contributed by atoms with E-state index in [9.17, 15) is 8.42 Å². The molecule has 1 aliphatic rings. The van der Waals surface area contributed by atoms with Crippen molar-refractivity contribution in [2.24, 2.45) is 11.8 Å². The van der Waals surface area contributed by atoms with Crippen LogP contribution in [0.5, 0.6) is 0 Å². The lowest BCUT2D eigenvalue weighted by molar-refractivity contribution is 0.224. The van der Waals surface area contributed by atoms with Crippen molar-refractivity contribution in [3.05, 3.63) is 29.8 Å². The average molecular weight is 398 g/mol. The van der Waals surface area contributed by atoms with Gasteiger partial charge in [-0.15, -0.1) is 4.83 Å². The minimum Gasteiger partial charge on any atom is -0.359 e. The Morgan fingerprint density at radius 3 is 2.31 bits per heavy atom. The molecule has 0 saturated heterocycles.